The van der Waals surface area contributed by atoms with Crippen LogP contribution in [0.2, 0.25) is 0 Å². The van der Waals surface area contributed by atoms with Gasteiger partial charge in [0.05, 0.1) is 44.9 Å². The van der Waals surface area contributed by atoms with Crippen molar-refractivity contribution < 1.29 is 33.3 Å². The lowest BCUT2D eigenvalue weighted by atomic mass is 10.1. The highest BCUT2D eigenvalue weighted by Gasteiger charge is 2.36. The van der Waals surface area contributed by atoms with E-state index in [9.17, 15) is 19.5 Å². The van der Waals surface area contributed by atoms with E-state index < -0.39 is 17.2 Å². The molecule has 15 nitrogen and oxygen atoms in total. The van der Waals surface area contributed by atoms with Crippen LogP contribution in [0, 0.1) is 5.82 Å². The highest BCUT2D eigenvalue weighted by Crippen LogP contribution is 2.40. The lowest BCUT2D eigenvalue weighted by Crippen LogP contribution is -2.51. The number of pyridine rings is 1. The number of halogens is 1. The molecule has 16 heteroatoms. The van der Waals surface area contributed by atoms with Crippen LogP contribution in [-0.4, -0.2) is 96.3 Å². The number of nitrogen functional groups attached to an aromatic ring is 1. The quantitative estimate of drug-likeness (QED) is 0.194. The molecule has 0 spiro atoms. The van der Waals surface area contributed by atoms with E-state index in [4.69, 9.17) is 19.9 Å². The first-order valence-corrected chi connectivity index (χ1v) is 18.1. The van der Waals surface area contributed by atoms with Gasteiger partial charge < -0.3 is 34.5 Å². The SMILES string of the molecule is COc1cc(Cc2cnc(N=C3C(=O)N(CN4CCN(c5cc6c(cc5F)c(=O)c(C(=O)O)cn6C5CC5)CC4)c4ccccc43)nc2N)cc(OC)c1OC. The summed E-state index contributed by atoms with van der Waals surface area (Å²) in [6, 6.07) is 13.9. The van der Waals surface area contributed by atoms with E-state index in [1.165, 1.54) is 13.3 Å². The zero-order chi connectivity index (χ0) is 39.2. The average molecular weight is 763 g/mol. The zero-order valence-electron chi connectivity index (χ0n) is 31.0. The first-order valence-electron chi connectivity index (χ1n) is 18.1. The van der Waals surface area contributed by atoms with Gasteiger partial charge in [0.1, 0.15) is 22.9 Å². The molecule has 0 unspecified atom stereocenters. The molecule has 2 aliphatic heterocycles. The van der Waals surface area contributed by atoms with Gasteiger partial charge in [-0.3, -0.25) is 19.4 Å². The van der Waals surface area contributed by atoms with Crippen molar-refractivity contribution in [1.29, 1.82) is 0 Å². The molecule has 288 valence electrons. The fourth-order valence-electron chi connectivity index (χ4n) is 7.41. The Morgan fingerprint density at radius 2 is 1.70 bits per heavy atom. The fraction of sp³-hybridized carbons (Fsp3) is 0.300. The number of nitrogens with two attached hydrogens (primary N) is 1. The van der Waals surface area contributed by atoms with Gasteiger partial charge in [-0.05, 0) is 48.7 Å². The summed E-state index contributed by atoms with van der Waals surface area (Å²) in [6.45, 7) is 2.25. The number of carbonyl (C=O) groups excluding carboxylic acids is 1. The summed E-state index contributed by atoms with van der Waals surface area (Å²) in [4.78, 5) is 57.8. The highest BCUT2D eigenvalue weighted by atomic mass is 19.1. The zero-order valence-corrected chi connectivity index (χ0v) is 31.0. The number of para-hydroxylation sites is 1. The third-order valence-corrected chi connectivity index (χ3v) is 10.4. The molecule has 2 aromatic heterocycles. The van der Waals surface area contributed by atoms with Crippen LogP contribution in [-0.2, 0) is 11.2 Å². The fourth-order valence-corrected chi connectivity index (χ4v) is 7.41. The van der Waals surface area contributed by atoms with Gasteiger partial charge >= 0.3 is 5.97 Å². The van der Waals surface area contributed by atoms with E-state index in [1.807, 2.05) is 41.3 Å². The standard InChI is InChI=1S/C40H39FN8O7/c1-54-32-15-22(16-33(55-2)36(32)56-3)14-23-19-43-40(45-37(23)42)44-34-25-6-4-5-7-29(25)49(38(34)51)21-46-10-12-47(13-11-46)31-18-30-26(17-28(31)41)35(50)27(39(52)53)20-48(30)24-8-9-24/h4-7,15-20,24H,8-14,21H2,1-3H3,(H,52,53)(H2,42,43,45). The van der Waals surface area contributed by atoms with E-state index in [1.54, 1.807) is 35.9 Å². The van der Waals surface area contributed by atoms with Crippen LogP contribution in [0.5, 0.6) is 17.2 Å². The van der Waals surface area contributed by atoms with Crippen LogP contribution in [0.3, 0.4) is 0 Å². The number of carboxylic acids is 1. The van der Waals surface area contributed by atoms with Crippen molar-refractivity contribution in [2.75, 3.05) is 69.7 Å². The molecule has 3 aromatic carbocycles. The predicted molar refractivity (Wildman–Crippen MR) is 208 cm³/mol. The van der Waals surface area contributed by atoms with Gasteiger partial charge in [-0.15, -0.1) is 0 Å². The molecular formula is C40H39FN8O7. The van der Waals surface area contributed by atoms with Crippen molar-refractivity contribution in [1.82, 2.24) is 19.4 Å². The second-order valence-electron chi connectivity index (χ2n) is 13.9. The maximum atomic E-state index is 15.6. The second-order valence-corrected chi connectivity index (χ2v) is 13.9. The van der Waals surface area contributed by atoms with E-state index >= 15 is 4.39 Å². The molecule has 0 bridgehead atoms. The number of aliphatic imine (C=N–C) groups is 1. The monoisotopic (exact) mass is 762 g/mol. The van der Waals surface area contributed by atoms with Gasteiger partial charge in [-0.2, -0.15) is 4.98 Å². The van der Waals surface area contributed by atoms with Crippen molar-refractivity contribution in [3.63, 3.8) is 0 Å². The maximum Gasteiger partial charge on any atom is 0.341 e. The number of anilines is 3. The molecule has 1 saturated carbocycles. The minimum atomic E-state index is -1.33. The number of rotatable bonds is 11. The van der Waals surface area contributed by atoms with Gasteiger partial charge in [-0.25, -0.2) is 19.2 Å². The Morgan fingerprint density at radius 1 is 0.982 bits per heavy atom. The molecule has 1 saturated heterocycles. The van der Waals surface area contributed by atoms with Crippen LogP contribution in [0.1, 0.15) is 45.9 Å². The predicted octanol–water partition coefficient (Wildman–Crippen LogP) is 4.41. The van der Waals surface area contributed by atoms with Crippen LogP contribution in [0.4, 0.5) is 27.5 Å². The van der Waals surface area contributed by atoms with Crippen LogP contribution in [0.15, 0.2) is 70.7 Å². The van der Waals surface area contributed by atoms with Gasteiger partial charge in [0.2, 0.25) is 11.2 Å². The topological polar surface area (TPSA) is 178 Å². The number of hydrogen-bond acceptors (Lipinski definition) is 12. The summed E-state index contributed by atoms with van der Waals surface area (Å²) in [6.07, 6.45) is 5.06. The highest BCUT2D eigenvalue weighted by molar-refractivity contribution is 6.54. The number of fused-ring (bicyclic) bond motifs is 2. The Kier molecular flexibility index (Phi) is 9.49. The summed E-state index contributed by atoms with van der Waals surface area (Å²) >= 11 is 0. The number of aromatic nitrogens is 3. The molecule has 0 atom stereocenters. The molecule has 1 aliphatic carbocycles. The van der Waals surface area contributed by atoms with Gasteiger partial charge in [0.25, 0.3) is 11.9 Å². The average Bonchev–Trinajstić information content (AvgIpc) is 4.02. The van der Waals surface area contributed by atoms with Crippen molar-refractivity contribution >= 4 is 51.6 Å². The largest absolute Gasteiger partial charge is 0.493 e. The molecule has 8 rings (SSSR count). The van der Waals surface area contributed by atoms with Gasteiger partial charge in [-0.1, -0.05) is 18.2 Å². The Labute approximate surface area is 320 Å². The number of amides is 1. The Balaban J connectivity index is 0.982. The molecule has 4 heterocycles. The number of nitrogens with zero attached hydrogens (tertiary/aromatic N) is 7. The van der Waals surface area contributed by atoms with Crippen molar-refractivity contribution in [3.8, 4) is 17.2 Å². The summed E-state index contributed by atoms with van der Waals surface area (Å²) in [5, 5.41) is 9.64. The first-order chi connectivity index (χ1) is 27.1. The molecule has 3 N–H and O–H groups in total. The van der Waals surface area contributed by atoms with Crippen LogP contribution >= 0.6 is 0 Å². The summed E-state index contributed by atoms with van der Waals surface area (Å²) in [7, 11) is 4.63. The van der Waals surface area contributed by atoms with Gasteiger partial charge in [0.15, 0.2) is 11.5 Å². The summed E-state index contributed by atoms with van der Waals surface area (Å²) in [5.74, 6) is -0.474. The number of methoxy groups -OCH3 is 3. The van der Waals surface area contributed by atoms with Crippen molar-refractivity contribution in [3.05, 3.63) is 99.2 Å². The van der Waals surface area contributed by atoms with Gasteiger partial charge in [0, 0.05) is 67.5 Å². The number of benzene rings is 3. The second kappa shape index (κ2) is 14.6. The molecule has 1 amide bonds. The molecule has 5 aromatic rings. The van der Waals surface area contributed by atoms with Crippen LogP contribution in [0.25, 0.3) is 10.9 Å². The molecule has 3 aliphatic rings. The van der Waals surface area contributed by atoms with E-state index in [2.05, 4.69) is 19.9 Å². The van der Waals surface area contributed by atoms with E-state index in [-0.39, 0.29) is 47.0 Å². The van der Waals surface area contributed by atoms with Crippen LogP contribution < -0.4 is 35.2 Å². The smallest absolute Gasteiger partial charge is 0.341 e. The molecule has 2 fully saturated rings. The maximum absolute atomic E-state index is 15.6. The Morgan fingerprint density at radius 3 is 2.34 bits per heavy atom. The molecular weight excluding hydrogens is 723 g/mol. The number of carboxylic acid groups (broad SMARTS) is 1. The van der Waals surface area contributed by atoms with E-state index in [0.29, 0.717) is 77.9 Å². The lowest BCUT2D eigenvalue weighted by molar-refractivity contribution is -0.112. The number of hydrogen-bond donors (Lipinski definition) is 2. The molecule has 56 heavy (non-hydrogen) atoms. The number of aromatic carboxylic acids is 1. The number of carbonyl (C=O) groups is 2. The Bertz CT molecular complexity index is 2470. The lowest BCUT2D eigenvalue weighted by Gasteiger charge is -2.38. The first kappa shape index (κ1) is 36.4. The van der Waals surface area contributed by atoms with Crippen molar-refractivity contribution in [2.24, 2.45) is 4.99 Å². The molecule has 0 radical (unpaired) electrons. The normalized spacial score (nSPS) is 16.4. The summed E-state index contributed by atoms with van der Waals surface area (Å²) in [5.41, 5.74) is 9.21. The van der Waals surface area contributed by atoms with Crippen molar-refractivity contribution in [2.45, 2.75) is 25.3 Å². The minimum absolute atomic E-state index is 0.0495. The minimum Gasteiger partial charge on any atom is -0.493 e. The Hall–Kier alpha value is -6.55. The number of ether oxygens (including phenoxy) is 3. The third kappa shape index (κ3) is 6.61. The number of piperazine rings is 1. The third-order valence-electron chi connectivity index (χ3n) is 10.4. The summed E-state index contributed by atoms with van der Waals surface area (Å²) < 4.78 is 33.8. The van der Waals surface area contributed by atoms with E-state index in [0.717, 1.165) is 24.5 Å².